The summed E-state index contributed by atoms with van der Waals surface area (Å²) in [5.74, 6) is -0.181. The number of amides is 1. The highest BCUT2D eigenvalue weighted by molar-refractivity contribution is 6.33. The molecule has 6 nitrogen and oxygen atoms in total. The van der Waals surface area contributed by atoms with Gasteiger partial charge < -0.3 is 10.6 Å². The second-order valence-electron chi connectivity index (χ2n) is 4.86. The number of carbonyl (C=O) groups excluding carboxylic acids is 1. The van der Waals surface area contributed by atoms with Crippen molar-refractivity contribution >= 4 is 28.9 Å². The van der Waals surface area contributed by atoms with Gasteiger partial charge in [-0.1, -0.05) is 11.6 Å². The van der Waals surface area contributed by atoms with Crippen molar-refractivity contribution in [3.63, 3.8) is 0 Å². The first-order valence-electron chi connectivity index (χ1n) is 5.88. The first-order chi connectivity index (χ1) is 8.92. The van der Waals surface area contributed by atoms with Gasteiger partial charge in [0.15, 0.2) is 0 Å². The Bertz CT molecular complexity index is 527. The van der Waals surface area contributed by atoms with E-state index in [9.17, 15) is 14.9 Å². The van der Waals surface area contributed by atoms with Crippen LogP contribution in [-0.4, -0.2) is 23.9 Å². The Morgan fingerprint density at radius 3 is 2.89 bits per heavy atom. The number of halogens is 1. The van der Waals surface area contributed by atoms with E-state index >= 15 is 0 Å². The summed E-state index contributed by atoms with van der Waals surface area (Å²) in [5, 5.41) is 16.8. The van der Waals surface area contributed by atoms with E-state index in [1.807, 2.05) is 6.92 Å². The van der Waals surface area contributed by atoms with Crippen molar-refractivity contribution in [1.82, 2.24) is 5.32 Å². The molecule has 0 radical (unpaired) electrons. The third-order valence-corrected chi connectivity index (χ3v) is 3.66. The van der Waals surface area contributed by atoms with Crippen molar-refractivity contribution in [3.8, 4) is 0 Å². The second kappa shape index (κ2) is 5.14. The molecule has 19 heavy (non-hydrogen) atoms. The number of rotatable bonds is 3. The van der Waals surface area contributed by atoms with Gasteiger partial charge in [-0.25, -0.2) is 0 Å². The van der Waals surface area contributed by atoms with Gasteiger partial charge in [0.05, 0.1) is 21.0 Å². The van der Waals surface area contributed by atoms with Gasteiger partial charge in [-0.05, 0) is 26.0 Å². The second-order valence-corrected chi connectivity index (χ2v) is 5.27. The molecule has 1 aromatic carbocycles. The molecule has 0 saturated carbocycles. The van der Waals surface area contributed by atoms with Crippen LogP contribution < -0.4 is 10.6 Å². The zero-order valence-corrected chi connectivity index (χ0v) is 11.2. The number of nitrogens with one attached hydrogen (secondary N) is 2. The van der Waals surface area contributed by atoms with E-state index in [0.29, 0.717) is 6.54 Å². The highest BCUT2D eigenvalue weighted by atomic mass is 35.5. The van der Waals surface area contributed by atoms with Gasteiger partial charge in [-0.3, -0.25) is 14.9 Å². The monoisotopic (exact) mass is 283 g/mol. The summed E-state index contributed by atoms with van der Waals surface area (Å²) < 4.78 is 0. The summed E-state index contributed by atoms with van der Waals surface area (Å²) >= 11 is 5.94. The maximum absolute atomic E-state index is 12.2. The van der Waals surface area contributed by atoms with E-state index in [-0.39, 0.29) is 22.3 Å². The van der Waals surface area contributed by atoms with Gasteiger partial charge in [-0.2, -0.15) is 0 Å². The number of hydrogen-bond donors (Lipinski definition) is 2. The predicted molar refractivity (Wildman–Crippen MR) is 72.3 cm³/mol. The molecule has 1 unspecified atom stereocenters. The van der Waals surface area contributed by atoms with Crippen molar-refractivity contribution in [2.45, 2.75) is 13.3 Å². The lowest BCUT2D eigenvalue weighted by atomic mass is 9.89. The van der Waals surface area contributed by atoms with Crippen LogP contribution in [0.15, 0.2) is 18.2 Å². The van der Waals surface area contributed by atoms with E-state index in [0.717, 1.165) is 13.0 Å². The quantitative estimate of drug-likeness (QED) is 0.658. The van der Waals surface area contributed by atoms with Crippen LogP contribution in [0.2, 0.25) is 5.02 Å². The molecule has 1 atom stereocenters. The maximum Gasteiger partial charge on any atom is 0.271 e. The number of nitro benzene ring substituents is 1. The molecule has 0 bridgehead atoms. The van der Waals surface area contributed by atoms with Crippen LogP contribution in [0.25, 0.3) is 0 Å². The Kier molecular flexibility index (Phi) is 3.73. The van der Waals surface area contributed by atoms with Crippen molar-refractivity contribution in [3.05, 3.63) is 33.3 Å². The molecule has 1 aliphatic rings. The minimum Gasteiger partial charge on any atom is -0.324 e. The fourth-order valence-corrected chi connectivity index (χ4v) is 2.17. The summed E-state index contributed by atoms with van der Waals surface area (Å²) in [4.78, 5) is 22.4. The standard InChI is InChI=1S/C12H14ClN3O3/c1-12(4-5-14-7-12)11(17)15-10-6-8(16(18)19)2-3-9(10)13/h2-3,6,14H,4-5,7H2,1H3,(H,15,17). The smallest absolute Gasteiger partial charge is 0.271 e. The van der Waals surface area contributed by atoms with Crippen LogP contribution in [0, 0.1) is 15.5 Å². The Hall–Kier alpha value is -1.66. The van der Waals surface area contributed by atoms with Crippen LogP contribution in [0.3, 0.4) is 0 Å². The summed E-state index contributed by atoms with van der Waals surface area (Å²) in [6.07, 6.45) is 0.728. The van der Waals surface area contributed by atoms with Gasteiger partial charge in [-0.15, -0.1) is 0 Å². The highest BCUT2D eigenvalue weighted by Crippen LogP contribution is 2.30. The number of carbonyl (C=O) groups is 1. The molecule has 7 heteroatoms. The molecule has 1 aliphatic heterocycles. The lowest BCUT2D eigenvalue weighted by Crippen LogP contribution is -2.35. The summed E-state index contributed by atoms with van der Waals surface area (Å²) in [6, 6.07) is 3.98. The molecular weight excluding hydrogens is 270 g/mol. The Balaban J connectivity index is 2.20. The molecule has 1 saturated heterocycles. The van der Waals surface area contributed by atoms with E-state index < -0.39 is 10.3 Å². The molecular formula is C12H14ClN3O3. The minimum absolute atomic E-state index is 0.102. The van der Waals surface area contributed by atoms with Gasteiger partial charge in [0.25, 0.3) is 5.69 Å². The number of benzene rings is 1. The van der Waals surface area contributed by atoms with Gasteiger partial charge in [0, 0.05) is 18.7 Å². The fraction of sp³-hybridized carbons (Fsp3) is 0.417. The molecule has 0 aromatic heterocycles. The van der Waals surface area contributed by atoms with Crippen LogP contribution >= 0.6 is 11.6 Å². The summed E-state index contributed by atoms with van der Waals surface area (Å²) in [6.45, 7) is 3.23. The molecule has 0 spiro atoms. The van der Waals surface area contributed by atoms with Crippen LogP contribution in [-0.2, 0) is 4.79 Å². The number of non-ortho nitro benzene ring substituents is 1. The SMILES string of the molecule is CC1(C(=O)Nc2cc([N+](=O)[O-])ccc2Cl)CCNC1. The van der Waals surface area contributed by atoms with Crippen LogP contribution in [0.5, 0.6) is 0 Å². The topological polar surface area (TPSA) is 84.3 Å². The molecule has 2 N–H and O–H groups in total. The third-order valence-electron chi connectivity index (χ3n) is 3.33. The van der Waals surface area contributed by atoms with Crippen molar-refractivity contribution in [1.29, 1.82) is 0 Å². The average Bonchev–Trinajstić information content (AvgIpc) is 2.80. The van der Waals surface area contributed by atoms with Crippen molar-refractivity contribution < 1.29 is 9.72 Å². The van der Waals surface area contributed by atoms with E-state index in [4.69, 9.17) is 11.6 Å². The van der Waals surface area contributed by atoms with Crippen LogP contribution in [0.1, 0.15) is 13.3 Å². The predicted octanol–water partition coefficient (Wildman–Crippen LogP) is 2.19. The Morgan fingerprint density at radius 1 is 1.58 bits per heavy atom. The first kappa shape index (κ1) is 13.8. The van der Waals surface area contributed by atoms with Crippen LogP contribution in [0.4, 0.5) is 11.4 Å². The lowest BCUT2D eigenvalue weighted by molar-refractivity contribution is -0.384. The normalized spacial score (nSPS) is 22.2. The third kappa shape index (κ3) is 2.85. The Morgan fingerprint density at radius 2 is 2.32 bits per heavy atom. The van der Waals surface area contributed by atoms with Crippen molar-refractivity contribution in [2.75, 3.05) is 18.4 Å². The zero-order chi connectivity index (χ0) is 14.0. The largest absolute Gasteiger partial charge is 0.324 e. The average molecular weight is 284 g/mol. The number of anilines is 1. The van der Waals surface area contributed by atoms with E-state index in [1.54, 1.807) is 0 Å². The summed E-state index contributed by atoms with van der Waals surface area (Å²) in [5.41, 5.74) is -0.336. The van der Waals surface area contributed by atoms with Gasteiger partial charge in [0.2, 0.25) is 5.91 Å². The summed E-state index contributed by atoms with van der Waals surface area (Å²) in [7, 11) is 0. The highest BCUT2D eigenvalue weighted by Gasteiger charge is 2.36. The molecule has 2 rings (SSSR count). The molecule has 102 valence electrons. The van der Waals surface area contributed by atoms with E-state index in [1.165, 1.54) is 18.2 Å². The molecule has 1 heterocycles. The maximum atomic E-state index is 12.2. The molecule has 1 aromatic rings. The van der Waals surface area contributed by atoms with Gasteiger partial charge in [0.1, 0.15) is 0 Å². The number of nitrogens with zero attached hydrogens (tertiary/aromatic N) is 1. The zero-order valence-electron chi connectivity index (χ0n) is 10.4. The number of hydrogen-bond acceptors (Lipinski definition) is 4. The fourth-order valence-electron chi connectivity index (χ4n) is 2.01. The molecule has 1 fully saturated rings. The molecule has 1 amide bonds. The number of nitro groups is 1. The van der Waals surface area contributed by atoms with Gasteiger partial charge >= 0.3 is 0 Å². The molecule has 0 aliphatic carbocycles. The first-order valence-corrected chi connectivity index (χ1v) is 6.26. The minimum atomic E-state index is -0.523. The van der Waals surface area contributed by atoms with Crippen molar-refractivity contribution in [2.24, 2.45) is 5.41 Å². The van der Waals surface area contributed by atoms with E-state index in [2.05, 4.69) is 10.6 Å². The lowest BCUT2D eigenvalue weighted by Gasteiger charge is -2.21. The Labute approximate surface area is 115 Å².